The first-order valence-corrected chi connectivity index (χ1v) is 45.6. The molecule has 0 saturated carbocycles. The first-order valence-electron chi connectivity index (χ1n) is 45.6. The van der Waals surface area contributed by atoms with Gasteiger partial charge in [-0.05, 0) is 257 Å². The second kappa shape index (κ2) is 32.4. The number of rotatable bonds is 14. The Morgan fingerprint density at radius 3 is 0.710 bits per heavy atom. The Kier molecular flexibility index (Phi) is 18.5. The maximum Gasteiger partial charge on any atom is 0.227 e. The standard InChI is InChI=1S/2C61H35N5O3/c1-3-10-36(11-4-1)60-62-51-34-44(26-28-54(51)68-60)40-18-20-42-32-46(24-22-38(42)30-40)57-64-58(66-59(65-57)50-16-9-15-49-48-14-7-8-17-53(48)67-56(49)50)47-25-23-39-31-41(19-21-43(39)33-47)45-27-29-55-52(35-45)63-61(69-55)37-12-5-2-6-13-37;1-3-10-36(11-4-1)60-62-51-28-26-44(34-54(51)68-60)40-18-20-42-32-46(24-22-38(42)30-40)57-64-58(66-59(65-57)50-16-9-15-49-48-14-7-8-17-53(48)67-56(49)50)47-25-23-39-31-41(19-21-43(39)33-47)45-27-29-52-55(35-45)69-61(63-52)37-12-5-2-6-13-37/h2*1-35H. The molecule has 0 amide bonds. The van der Waals surface area contributed by atoms with E-state index in [1.165, 1.54) is 0 Å². The number of para-hydroxylation sites is 4. The van der Waals surface area contributed by atoms with E-state index in [1.54, 1.807) is 0 Å². The summed E-state index contributed by atoms with van der Waals surface area (Å²) in [6.07, 6.45) is 0. The van der Waals surface area contributed by atoms with Gasteiger partial charge in [-0.25, -0.2) is 49.8 Å². The molecule has 28 aromatic rings. The summed E-state index contributed by atoms with van der Waals surface area (Å²) in [7, 11) is 0. The van der Waals surface area contributed by atoms with E-state index >= 15 is 0 Å². The third-order valence-electron chi connectivity index (χ3n) is 25.9. The Balaban J connectivity index is 0.000000139. The molecule has 0 spiro atoms. The van der Waals surface area contributed by atoms with Crippen LogP contribution in [0.4, 0.5) is 0 Å². The molecule has 0 aliphatic heterocycles. The average Bonchev–Trinajstić information content (AvgIpc) is 1.51. The van der Waals surface area contributed by atoms with Crippen LogP contribution in [0, 0.1) is 0 Å². The highest BCUT2D eigenvalue weighted by atomic mass is 16.4. The number of hydrogen-bond donors (Lipinski definition) is 0. The Labute approximate surface area is 785 Å². The summed E-state index contributed by atoms with van der Waals surface area (Å²) in [4.78, 5) is 50.2. The molecular weight excluding hydrogens is 1700 g/mol. The summed E-state index contributed by atoms with van der Waals surface area (Å²) < 4.78 is 37.7. The first-order chi connectivity index (χ1) is 68.2. The summed E-state index contributed by atoms with van der Waals surface area (Å²) in [6, 6.07) is 145. The van der Waals surface area contributed by atoms with Crippen LogP contribution in [0.15, 0.2) is 451 Å². The Hall–Kier alpha value is -19.1. The van der Waals surface area contributed by atoms with Gasteiger partial charge in [-0.1, -0.05) is 255 Å². The fourth-order valence-electron chi connectivity index (χ4n) is 18.9. The van der Waals surface area contributed by atoms with E-state index in [0.29, 0.717) is 58.5 Å². The molecule has 0 aliphatic carbocycles. The van der Waals surface area contributed by atoms with Crippen LogP contribution in [-0.4, -0.2) is 49.8 Å². The van der Waals surface area contributed by atoms with Crippen molar-refractivity contribution in [2.24, 2.45) is 0 Å². The Bertz CT molecular complexity index is 8770. The van der Waals surface area contributed by atoms with Crippen LogP contribution in [0.5, 0.6) is 0 Å². The quantitative estimate of drug-likeness (QED) is 0.0991. The van der Waals surface area contributed by atoms with E-state index in [2.05, 4.69) is 218 Å². The van der Waals surface area contributed by atoms with Gasteiger partial charge in [0.2, 0.25) is 23.6 Å². The molecule has 0 bridgehead atoms. The lowest BCUT2D eigenvalue weighted by Gasteiger charge is -2.11. The fourth-order valence-corrected chi connectivity index (χ4v) is 18.9. The number of hydrogen-bond acceptors (Lipinski definition) is 16. The minimum absolute atomic E-state index is 0.530. The number of nitrogens with zero attached hydrogens (tertiary/aromatic N) is 10. The smallest absolute Gasteiger partial charge is 0.227 e. The van der Waals surface area contributed by atoms with Crippen LogP contribution in [0.25, 0.3) is 290 Å². The number of aromatic nitrogens is 10. The first kappa shape index (κ1) is 78.8. The molecule has 16 heteroatoms. The minimum atomic E-state index is 0.530. The SMILES string of the molecule is c1ccc(-c2nc3cc(-c4ccc5cc(-c6nc(-c7ccc8cc(-c9ccc%10oc(-c%11ccccc%11)nc%10c9)ccc8c7)nc(-c7cccc8c7oc7ccccc78)n6)ccc5c4)ccc3o2)cc1.c1ccc(-c2nc3ccc(-c4ccc5cc(-c6nc(-c7ccc8cc(-c9ccc%10nc(-c%11ccccc%11)oc%10c9)ccc8c7)nc(-c7cccc8c7oc7ccccc78)n6)ccc5c4)cc3o2)cc1. The minimum Gasteiger partial charge on any atom is -0.455 e. The summed E-state index contributed by atoms with van der Waals surface area (Å²) in [5.74, 6) is 5.75. The molecule has 16 nitrogen and oxygen atoms in total. The van der Waals surface area contributed by atoms with Crippen molar-refractivity contribution in [2.75, 3.05) is 0 Å². The molecule has 644 valence electrons. The lowest BCUT2D eigenvalue weighted by Crippen LogP contribution is -2.00. The van der Waals surface area contributed by atoms with Crippen molar-refractivity contribution in [3.63, 3.8) is 0 Å². The lowest BCUT2D eigenvalue weighted by molar-refractivity contribution is 0.619. The van der Waals surface area contributed by atoms with Crippen LogP contribution in [0.2, 0.25) is 0 Å². The van der Waals surface area contributed by atoms with Gasteiger partial charge in [-0.3, -0.25) is 0 Å². The molecule has 8 aromatic heterocycles. The molecule has 138 heavy (non-hydrogen) atoms. The fraction of sp³-hybridized carbons (Fsp3) is 0. The van der Waals surface area contributed by atoms with E-state index < -0.39 is 0 Å². The molecule has 0 fully saturated rings. The highest BCUT2D eigenvalue weighted by Crippen LogP contribution is 2.44. The molecule has 0 N–H and O–H groups in total. The van der Waals surface area contributed by atoms with Gasteiger partial charge in [0.1, 0.15) is 44.4 Å². The molecule has 0 radical (unpaired) electrons. The molecule has 0 aliphatic rings. The molecule has 8 heterocycles. The van der Waals surface area contributed by atoms with Crippen molar-refractivity contribution in [2.45, 2.75) is 0 Å². The van der Waals surface area contributed by atoms with Gasteiger partial charge >= 0.3 is 0 Å². The average molecular weight is 1770 g/mol. The monoisotopic (exact) mass is 1770 g/mol. The van der Waals surface area contributed by atoms with Crippen molar-refractivity contribution in [3.8, 4) is 159 Å². The Morgan fingerprint density at radius 1 is 0.130 bits per heavy atom. The highest BCUT2D eigenvalue weighted by Gasteiger charge is 2.24. The van der Waals surface area contributed by atoms with Crippen molar-refractivity contribution < 1.29 is 26.5 Å². The zero-order valence-corrected chi connectivity index (χ0v) is 73.3. The van der Waals surface area contributed by atoms with Crippen LogP contribution in [0.1, 0.15) is 0 Å². The normalized spacial score (nSPS) is 11.8. The van der Waals surface area contributed by atoms with E-state index in [4.69, 9.17) is 76.3 Å². The Morgan fingerprint density at radius 2 is 0.377 bits per heavy atom. The molecule has 0 unspecified atom stereocenters. The zero-order chi connectivity index (χ0) is 90.8. The van der Waals surface area contributed by atoms with Crippen LogP contribution < -0.4 is 0 Å². The number of oxazole rings is 4. The van der Waals surface area contributed by atoms with Gasteiger partial charge in [-0.15, -0.1) is 0 Å². The van der Waals surface area contributed by atoms with Crippen molar-refractivity contribution >= 4 is 131 Å². The molecule has 0 atom stereocenters. The van der Waals surface area contributed by atoms with E-state index in [1.807, 2.05) is 206 Å². The van der Waals surface area contributed by atoms with E-state index in [-0.39, 0.29) is 0 Å². The molecule has 0 saturated heterocycles. The maximum atomic E-state index is 6.51. The summed E-state index contributed by atoms with van der Waals surface area (Å²) in [6.45, 7) is 0. The van der Waals surface area contributed by atoms with Crippen molar-refractivity contribution in [3.05, 3.63) is 425 Å². The van der Waals surface area contributed by atoms with Gasteiger partial charge in [0, 0.05) is 66.1 Å². The summed E-state index contributed by atoms with van der Waals surface area (Å²) >= 11 is 0. The highest BCUT2D eigenvalue weighted by molar-refractivity contribution is 6.11. The number of benzene rings is 20. The van der Waals surface area contributed by atoms with Crippen molar-refractivity contribution in [1.29, 1.82) is 0 Å². The van der Waals surface area contributed by atoms with Gasteiger partial charge in [0.25, 0.3) is 0 Å². The molecule has 20 aromatic carbocycles. The van der Waals surface area contributed by atoms with Gasteiger partial charge in [0.05, 0.1) is 11.1 Å². The third-order valence-corrected chi connectivity index (χ3v) is 25.9. The predicted molar refractivity (Wildman–Crippen MR) is 551 cm³/mol. The largest absolute Gasteiger partial charge is 0.455 e. The van der Waals surface area contributed by atoms with Gasteiger partial charge in [0.15, 0.2) is 57.3 Å². The van der Waals surface area contributed by atoms with E-state index in [0.717, 1.165) is 232 Å². The third kappa shape index (κ3) is 14.4. The summed E-state index contributed by atoms with van der Waals surface area (Å²) in [5, 5.41) is 12.7. The van der Waals surface area contributed by atoms with E-state index in [9.17, 15) is 0 Å². The second-order valence-corrected chi connectivity index (χ2v) is 34.6. The number of furan rings is 2. The zero-order valence-electron chi connectivity index (χ0n) is 73.3. The number of fused-ring (bicyclic) bond motifs is 14. The lowest BCUT2D eigenvalue weighted by atomic mass is 9.99. The van der Waals surface area contributed by atoms with Crippen LogP contribution in [0.3, 0.4) is 0 Å². The maximum absolute atomic E-state index is 6.51. The van der Waals surface area contributed by atoms with Crippen LogP contribution >= 0.6 is 0 Å². The van der Waals surface area contributed by atoms with Crippen molar-refractivity contribution in [1.82, 2.24) is 49.8 Å². The van der Waals surface area contributed by atoms with Gasteiger partial charge in [-0.2, -0.15) is 0 Å². The summed E-state index contributed by atoms with van der Waals surface area (Å²) in [5.41, 5.74) is 26.8. The van der Waals surface area contributed by atoms with Gasteiger partial charge < -0.3 is 26.5 Å². The topological polar surface area (TPSA) is 208 Å². The second-order valence-electron chi connectivity index (χ2n) is 34.6. The predicted octanol–water partition coefficient (Wildman–Crippen LogP) is 32.1. The van der Waals surface area contributed by atoms with Crippen LogP contribution in [-0.2, 0) is 0 Å². The molecular formula is C122H70N10O6. The molecule has 28 rings (SSSR count).